The molecule has 0 aliphatic heterocycles. The molecule has 0 aliphatic carbocycles. The van der Waals surface area contributed by atoms with Gasteiger partial charge in [-0.2, -0.15) is 0 Å². The molecule has 3 rings (SSSR count). The fourth-order valence-corrected chi connectivity index (χ4v) is 6.05. The molecule has 0 spiro atoms. The van der Waals surface area contributed by atoms with Gasteiger partial charge >= 0.3 is 0 Å². The SMILES string of the molecule is Cc1noc(N(COCC[Si](C)(C)C)S(=O)(=O)c2ccccc2-c2ccc(CO)cc2CCF)c1C. The predicted octanol–water partition coefficient (Wildman–Crippen LogP) is 5.47. The molecule has 1 heterocycles. The molecular weight excluding hydrogens is 499 g/mol. The highest BCUT2D eigenvalue weighted by atomic mass is 32.2. The molecule has 0 radical (unpaired) electrons. The Labute approximate surface area is 214 Å². The van der Waals surface area contributed by atoms with Crippen molar-refractivity contribution in [3.05, 3.63) is 64.8 Å². The van der Waals surface area contributed by atoms with E-state index in [1.165, 1.54) is 6.07 Å². The minimum atomic E-state index is -4.16. The van der Waals surface area contributed by atoms with Gasteiger partial charge < -0.3 is 14.4 Å². The van der Waals surface area contributed by atoms with Gasteiger partial charge in [-0.15, -0.1) is 0 Å². The lowest BCUT2D eigenvalue weighted by molar-refractivity contribution is 0.153. The van der Waals surface area contributed by atoms with E-state index in [0.717, 1.165) is 10.3 Å². The maximum atomic E-state index is 14.1. The quantitative estimate of drug-likeness (QED) is 0.188. The van der Waals surface area contributed by atoms with E-state index in [9.17, 15) is 17.9 Å². The Kier molecular flexibility index (Phi) is 9.10. The monoisotopic (exact) mass is 534 g/mol. The van der Waals surface area contributed by atoms with Gasteiger partial charge in [0.1, 0.15) is 6.73 Å². The Morgan fingerprint density at radius 1 is 1.11 bits per heavy atom. The van der Waals surface area contributed by atoms with Gasteiger partial charge in [0.05, 0.1) is 23.9 Å². The van der Waals surface area contributed by atoms with Gasteiger partial charge in [-0.1, -0.05) is 61.2 Å². The minimum Gasteiger partial charge on any atom is -0.392 e. The van der Waals surface area contributed by atoms with Crippen molar-refractivity contribution in [3.63, 3.8) is 0 Å². The van der Waals surface area contributed by atoms with Crippen LogP contribution in [0.2, 0.25) is 25.7 Å². The first-order valence-electron chi connectivity index (χ1n) is 11.9. The van der Waals surface area contributed by atoms with Crippen LogP contribution in [-0.2, 0) is 27.8 Å². The Morgan fingerprint density at radius 2 is 1.83 bits per heavy atom. The second-order valence-electron chi connectivity index (χ2n) is 9.98. The van der Waals surface area contributed by atoms with Crippen LogP contribution in [0.3, 0.4) is 0 Å². The number of aromatic nitrogens is 1. The van der Waals surface area contributed by atoms with Crippen molar-refractivity contribution in [1.29, 1.82) is 0 Å². The molecule has 0 atom stereocenters. The molecule has 0 aliphatic rings. The number of nitrogens with zero attached hydrogens (tertiary/aromatic N) is 2. The lowest BCUT2D eigenvalue weighted by Gasteiger charge is -2.24. The molecule has 3 aromatic rings. The highest BCUT2D eigenvalue weighted by Gasteiger charge is 2.32. The molecule has 0 bridgehead atoms. The maximum absolute atomic E-state index is 14.1. The van der Waals surface area contributed by atoms with Gasteiger partial charge in [0, 0.05) is 32.2 Å². The Morgan fingerprint density at radius 3 is 2.44 bits per heavy atom. The Bertz CT molecular complexity index is 1290. The van der Waals surface area contributed by atoms with E-state index in [2.05, 4.69) is 24.8 Å². The first kappa shape index (κ1) is 28.0. The summed E-state index contributed by atoms with van der Waals surface area (Å²) in [6.45, 7) is 9.59. The van der Waals surface area contributed by atoms with Crippen LogP contribution in [0.25, 0.3) is 11.1 Å². The van der Waals surface area contributed by atoms with E-state index >= 15 is 0 Å². The van der Waals surface area contributed by atoms with E-state index in [0.29, 0.717) is 40.1 Å². The fraction of sp³-hybridized carbons (Fsp3) is 0.423. The van der Waals surface area contributed by atoms with Crippen LogP contribution in [0.15, 0.2) is 51.9 Å². The summed E-state index contributed by atoms with van der Waals surface area (Å²) in [4.78, 5) is 0.0455. The maximum Gasteiger partial charge on any atom is 0.269 e. The Balaban J connectivity index is 2.09. The summed E-state index contributed by atoms with van der Waals surface area (Å²) < 4.78 is 54.0. The van der Waals surface area contributed by atoms with Crippen LogP contribution in [0.5, 0.6) is 0 Å². The number of rotatable bonds is 12. The van der Waals surface area contributed by atoms with Crippen molar-refractivity contribution in [3.8, 4) is 11.1 Å². The second kappa shape index (κ2) is 11.7. The van der Waals surface area contributed by atoms with Gasteiger partial charge in [0.15, 0.2) is 0 Å². The summed E-state index contributed by atoms with van der Waals surface area (Å²) in [6.07, 6.45) is 0.0987. The first-order chi connectivity index (χ1) is 17.0. The first-order valence-corrected chi connectivity index (χ1v) is 17.1. The van der Waals surface area contributed by atoms with Gasteiger partial charge in [0.2, 0.25) is 5.88 Å². The predicted molar refractivity (Wildman–Crippen MR) is 142 cm³/mol. The van der Waals surface area contributed by atoms with E-state index in [1.54, 1.807) is 50.2 Å². The number of aliphatic hydroxyl groups is 1. The minimum absolute atomic E-state index is 0.0455. The molecule has 2 aromatic carbocycles. The zero-order valence-corrected chi connectivity index (χ0v) is 23.4. The number of hydrogen-bond acceptors (Lipinski definition) is 6. The van der Waals surface area contributed by atoms with Crippen LogP contribution in [0.1, 0.15) is 22.4 Å². The molecule has 0 fully saturated rings. The summed E-state index contributed by atoms with van der Waals surface area (Å²) >= 11 is 0. The molecule has 0 saturated carbocycles. The number of sulfonamides is 1. The standard InChI is InChI=1S/C26H35FN2O5SSi/c1-19-20(2)28-34-26(19)29(18-33-14-15-36(3,4)5)35(31,32)25-9-7-6-8-24(25)23-11-10-21(17-30)16-22(23)12-13-27/h6-11,16,30H,12-15,17-18H2,1-5H3. The molecule has 1 N–H and O–H groups in total. The number of benzene rings is 2. The van der Waals surface area contributed by atoms with Crippen molar-refractivity contribution >= 4 is 24.0 Å². The average Bonchev–Trinajstić information content (AvgIpc) is 3.16. The van der Waals surface area contributed by atoms with Crippen LogP contribution < -0.4 is 4.31 Å². The summed E-state index contributed by atoms with van der Waals surface area (Å²) in [5, 5.41) is 13.5. The topological polar surface area (TPSA) is 92.9 Å². The molecule has 1 aromatic heterocycles. The molecular formula is C26H35FN2O5SSi. The van der Waals surface area contributed by atoms with Gasteiger partial charge in [-0.3, -0.25) is 4.39 Å². The second-order valence-corrected chi connectivity index (χ2v) is 17.4. The average molecular weight is 535 g/mol. The zero-order valence-electron chi connectivity index (χ0n) is 21.5. The zero-order chi connectivity index (χ0) is 26.5. The van der Waals surface area contributed by atoms with Gasteiger partial charge in [0.25, 0.3) is 10.0 Å². The molecule has 0 saturated heterocycles. The van der Waals surface area contributed by atoms with Gasteiger partial charge in [-0.25, -0.2) is 12.7 Å². The smallest absolute Gasteiger partial charge is 0.269 e. The third kappa shape index (κ3) is 6.42. The van der Waals surface area contributed by atoms with Crippen LogP contribution in [-0.4, -0.2) is 46.8 Å². The molecule has 0 amide bonds. The van der Waals surface area contributed by atoms with Crippen molar-refractivity contribution in [1.82, 2.24) is 5.16 Å². The van der Waals surface area contributed by atoms with E-state index in [-0.39, 0.29) is 30.5 Å². The number of halogens is 1. The summed E-state index contributed by atoms with van der Waals surface area (Å²) in [6, 6.07) is 12.6. The molecule has 196 valence electrons. The summed E-state index contributed by atoms with van der Waals surface area (Å²) in [5.41, 5.74) is 3.48. The van der Waals surface area contributed by atoms with E-state index < -0.39 is 24.8 Å². The lowest BCUT2D eigenvalue weighted by atomic mass is 9.96. The highest BCUT2D eigenvalue weighted by Crippen LogP contribution is 2.35. The van der Waals surface area contributed by atoms with Crippen LogP contribution in [0, 0.1) is 13.8 Å². The largest absolute Gasteiger partial charge is 0.392 e. The van der Waals surface area contributed by atoms with Crippen molar-refractivity contribution < 1.29 is 27.2 Å². The van der Waals surface area contributed by atoms with Crippen LogP contribution >= 0.6 is 0 Å². The molecule has 10 heteroatoms. The van der Waals surface area contributed by atoms with E-state index in [1.807, 2.05) is 0 Å². The Hall–Kier alpha value is -2.53. The summed E-state index contributed by atoms with van der Waals surface area (Å²) in [5.74, 6) is 0.106. The number of hydrogen-bond donors (Lipinski definition) is 1. The van der Waals surface area contributed by atoms with Gasteiger partial charge in [-0.05, 0) is 42.6 Å². The number of anilines is 1. The van der Waals surface area contributed by atoms with Crippen LogP contribution in [0.4, 0.5) is 10.3 Å². The highest BCUT2D eigenvalue weighted by molar-refractivity contribution is 7.93. The molecule has 7 nitrogen and oxygen atoms in total. The lowest BCUT2D eigenvalue weighted by Crippen LogP contribution is -2.34. The molecule has 36 heavy (non-hydrogen) atoms. The third-order valence-corrected chi connectivity index (χ3v) is 9.49. The fourth-order valence-electron chi connectivity index (χ4n) is 3.75. The number of aryl methyl sites for hydroxylation is 2. The van der Waals surface area contributed by atoms with Crippen molar-refractivity contribution in [2.75, 3.05) is 24.3 Å². The van der Waals surface area contributed by atoms with Crippen molar-refractivity contribution in [2.45, 2.75) is 57.5 Å². The number of alkyl halides is 1. The molecule has 0 unspecified atom stereocenters. The van der Waals surface area contributed by atoms with E-state index in [4.69, 9.17) is 9.26 Å². The third-order valence-electron chi connectivity index (χ3n) is 6.03. The van der Waals surface area contributed by atoms with Crippen molar-refractivity contribution in [2.24, 2.45) is 0 Å². The number of ether oxygens (including phenoxy) is 1. The summed E-state index contributed by atoms with van der Waals surface area (Å²) in [7, 11) is -5.54. The number of aliphatic hydroxyl groups excluding tert-OH is 1. The normalized spacial score (nSPS) is 12.2.